The van der Waals surface area contributed by atoms with Gasteiger partial charge in [-0.1, -0.05) is 37.3 Å². The van der Waals surface area contributed by atoms with E-state index < -0.39 is 0 Å². The molecule has 84 valence electrons. The van der Waals surface area contributed by atoms with E-state index in [-0.39, 0.29) is 0 Å². The molecule has 0 radical (unpaired) electrons. The fourth-order valence-corrected chi connectivity index (χ4v) is 1.51. The zero-order valence-electron chi connectivity index (χ0n) is 9.35. The second kappa shape index (κ2) is 4.70. The van der Waals surface area contributed by atoms with E-state index in [0.29, 0.717) is 5.95 Å². The highest BCUT2D eigenvalue weighted by molar-refractivity contribution is 5.60. The number of nitrogens with two attached hydrogens (primary N) is 1. The molecule has 2 rings (SSSR count). The number of nitrogens with zero attached hydrogens (tertiary/aromatic N) is 2. The lowest BCUT2D eigenvalue weighted by molar-refractivity contribution is 0.921. The Balaban J connectivity index is 2.24. The third-order valence-electron chi connectivity index (χ3n) is 2.33. The Kier molecular flexibility index (Phi) is 3.10. The smallest absolute Gasteiger partial charge is 0.222 e. The molecule has 4 heteroatoms. The summed E-state index contributed by atoms with van der Waals surface area (Å²) < 4.78 is 1.53. The topological polar surface area (TPSA) is 55.9 Å². The molecule has 0 saturated carbocycles. The van der Waals surface area contributed by atoms with E-state index >= 15 is 0 Å². The minimum Gasteiger partial charge on any atom is -0.354 e. The fraction of sp³-hybridized carbons (Fsp3) is 0.250. The Morgan fingerprint density at radius 2 is 2.06 bits per heavy atom. The molecular weight excluding hydrogens is 200 g/mol. The van der Waals surface area contributed by atoms with Gasteiger partial charge in [-0.2, -0.15) is 0 Å². The van der Waals surface area contributed by atoms with Gasteiger partial charge in [0.05, 0.1) is 11.9 Å². The molecule has 0 bridgehead atoms. The molecule has 0 fully saturated rings. The van der Waals surface area contributed by atoms with Crippen molar-refractivity contribution in [3.63, 3.8) is 0 Å². The molecule has 1 aromatic carbocycles. The van der Waals surface area contributed by atoms with Crippen LogP contribution in [0, 0.1) is 0 Å². The molecule has 0 atom stereocenters. The first-order chi connectivity index (χ1) is 7.81. The summed E-state index contributed by atoms with van der Waals surface area (Å²) >= 11 is 0. The van der Waals surface area contributed by atoms with E-state index in [1.807, 2.05) is 36.5 Å². The minimum atomic E-state index is 0.709. The quantitative estimate of drug-likeness (QED) is 0.769. The summed E-state index contributed by atoms with van der Waals surface area (Å²) in [5, 5.41) is 3.18. The van der Waals surface area contributed by atoms with Crippen LogP contribution in [-0.4, -0.2) is 16.2 Å². The number of aromatic nitrogens is 2. The number of rotatable bonds is 4. The van der Waals surface area contributed by atoms with Gasteiger partial charge < -0.3 is 11.2 Å². The van der Waals surface area contributed by atoms with Gasteiger partial charge >= 0.3 is 0 Å². The van der Waals surface area contributed by atoms with Crippen molar-refractivity contribution in [2.75, 3.05) is 17.7 Å². The number of benzene rings is 1. The zero-order chi connectivity index (χ0) is 11.4. The molecule has 0 aliphatic carbocycles. The summed E-state index contributed by atoms with van der Waals surface area (Å²) in [6, 6.07) is 10.0. The summed E-state index contributed by atoms with van der Waals surface area (Å²) in [6.45, 7) is 2.98. The van der Waals surface area contributed by atoms with Crippen LogP contribution in [0.2, 0.25) is 0 Å². The van der Waals surface area contributed by atoms with Crippen molar-refractivity contribution in [1.82, 2.24) is 9.66 Å². The molecule has 0 amide bonds. The second-order valence-electron chi connectivity index (χ2n) is 3.65. The average Bonchev–Trinajstić information content (AvgIpc) is 2.69. The van der Waals surface area contributed by atoms with Crippen LogP contribution in [0.15, 0.2) is 36.5 Å². The van der Waals surface area contributed by atoms with Crippen molar-refractivity contribution in [2.24, 2.45) is 0 Å². The summed E-state index contributed by atoms with van der Waals surface area (Å²) in [6.07, 6.45) is 2.88. The van der Waals surface area contributed by atoms with Gasteiger partial charge in [0.25, 0.3) is 0 Å². The van der Waals surface area contributed by atoms with Crippen LogP contribution in [0.4, 0.5) is 5.95 Å². The maximum Gasteiger partial charge on any atom is 0.222 e. The molecule has 2 aromatic rings. The first-order valence-electron chi connectivity index (χ1n) is 5.45. The monoisotopic (exact) mass is 216 g/mol. The standard InChI is InChI=1S/C12H16N4/c1-2-8-14-12-15-11(9-16(12)13)10-6-4-3-5-7-10/h3-7,9H,2,8,13H2,1H3,(H,14,15). The van der Waals surface area contributed by atoms with Gasteiger partial charge in [0, 0.05) is 12.1 Å². The van der Waals surface area contributed by atoms with Gasteiger partial charge in [-0.05, 0) is 6.42 Å². The average molecular weight is 216 g/mol. The molecule has 0 aliphatic rings. The van der Waals surface area contributed by atoms with E-state index in [9.17, 15) is 0 Å². The molecule has 1 heterocycles. The Morgan fingerprint density at radius 3 is 2.75 bits per heavy atom. The van der Waals surface area contributed by atoms with Gasteiger partial charge in [-0.15, -0.1) is 0 Å². The molecule has 0 aliphatic heterocycles. The zero-order valence-corrected chi connectivity index (χ0v) is 9.35. The number of anilines is 1. The lowest BCUT2D eigenvalue weighted by Gasteiger charge is -2.02. The van der Waals surface area contributed by atoms with E-state index in [0.717, 1.165) is 24.2 Å². The molecule has 3 N–H and O–H groups in total. The van der Waals surface area contributed by atoms with Gasteiger partial charge in [0.2, 0.25) is 5.95 Å². The van der Waals surface area contributed by atoms with E-state index in [1.54, 1.807) is 0 Å². The molecule has 16 heavy (non-hydrogen) atoms. The van der Waals surface area contributed by atoms with Crippen LogP contribution in [0.1, 0.15) is 13.3 Å². The first kappa shape index (κ1) is 10.5. The summed E-state index contributed by atoms with van der Waals surface area (Å²) in [5.74, 6) is 6.52. The van der Waals surface area contributed by atoms with Crippen molar-refractivity contribution >= 4 is 5.95 Å². The van der Waals surface area contributed by atoms with Crippen LogP contribution >= 0.6 is 0 Å². The van der Waals surface area contributed by atoms with E-state index in [4.69, 9.17) is 5.84 Å². The third-order valence-corrected chi connectivity index (χ3v) is 2.33. The van der Waals surface area contributed by atoms with Crippen molar-refractivity contribution in [1.29, 1.82) is 0 Å². The van der Waals surface area contributed by atoms with Crippen LogP contribution in [0.25, 0.3) is 11.3 Å². The highest BCUT2D eigenvalue weighted by atomic mass is 15.4. The van der Waals surface area contributed by atoms with Crippen LogP contribution in [-0.2, 0) is 0 Å². The highest BCUT2D eigenvalue weighted by Gasteiger charge is 2.06. The summed E-state index contributed by atoms with van der Waals surface area (Å²) in [5.41, 5.74) is 1.97. The third kappa shape index (κ3) is 2.16. The van der Waals surface area contributed by atoms with Crippen molar-refractivity contribution in [2.45, 2.75) is 13.3 Å². The van der Waals surface area contributed by atoms with Gasteiger partial charge in [-0.3, -0.25) is 0 Å². The largest absolute Gasteiger partial charge is 0.354 e. The van der Waals surface area contributed by atoms with E-state index in [2.05, 4.69) is 17.2 Å². The minimum absolute atomic E-state index is 0.709. The first-order valence-corrected chi connectivity index (χ1v) is 5.45. The number of nitrogens with one attached hydrogen (secondary N) is 1. The van der Waals surface area contributed by atoms with Gasteiger partial charge in [0.15, 0.2) is 0 Å². The molecule has 0 unspecified atom stereocenters. The van der Waals surface area contributed by atoms with Crippen molar-refractivity contribution in [3.05, 3.63) is 36.5 Å². The van der Waals surface area contributed by atoms with Gasteiger partial charge in [0.1, 0.15) is 0 Å². The number of hydrogen-bond donors (Lipinski definition) is 2. The highest BCUT2D eigenvalue weighted by Crippen LogP contribution is 2.18. The summed E-state index contributed by atoms with van der Waals surface area (Å²) in [4.78, 5) is 4.44. The number of nitrogen functional groups attached to an aromatic ring is 1. The molecule has 0 saturated heterocycles. The van der Waals surface area contributed by atoms with Crippen LogP contribution in [0.5, 0.6) is 0 Å². The SMILES string of the molecule is CCCNc1nc(-c2ccccc2)cn1N. The Hall–Kier alpha value is -1.97. The van der Waals surface area contributed by atoms with Crippen molar-refractivity contribution in [3.8, 4) is 11.3 Å². The predicted octanol–water partition coefficient (Wildman–Crippen LogP) is 2.09. The Bertz CT molecular complexity index is 447. The predicted molar refractivity (Wildman–Crippen MR) is 66.6 cm³/mol. The molecular formula is C12H16N4. The fourth-order valence-electron chi connectivity index (χ4n) is 1.51. The van der Waals surface area contributed by atoms with Gasteiger partial charge in [-0.25, -0.2) is 9.66 Å². The maximum atomic E-state index is 5.81. The van der Waals surface area contributed by atoms with Crippen molar-refractivity contribution < 1.29 is 0 Å². The molecule has 4 nitrogen and oxygen atoms in total. The lowest BCUT2D eigenvalue weighted by atomic mass is 10.2. The Labute approximate surface area is 95.1 Å². The lowest BCUT2D eigenvalue weighted by Crippen LogP contribution is -2.13. The molecule has 1 aromatic heterocycles. The number of imidazole rings is 1. The Morgan fingerprint density at radius 1 is 1.31 bits per heavy atom. The maximum absolute atomic E-state index is 5.81. The normalized spacial score (nSPS) is 10.3. The summed E-state index contributed by atoms with van der Waals surface area (Å²) in [7, 11) is 0. The van der Waals surface area contributed by atoms with E-state index in [1.165, 1.54) is 4.68 Å². The second-order valence-corrected chi connectivity index (χ2v) is 3.65. The molecule has 0 spiro atoms. The number of hydrogen-bond acceptors (Lipinski definition) is 3. The van der Waals surface area contributed by atoms with Crippen LogP contribution < -0.4 is 11.2 Å². The van der Waals surface area contributed by atoms with Crippen LogP contribution in [0.3, 0.4) is 0 Å².